The smallest absolute Gasteiger partial charge is 0.246 e. The molecule has 5 nitrogen and oxygen atoms in total. The molecular formula is C13H13F2N3O2S2. The van der Waals surface area contributed by atoms with Crippen molar-refractivity contribution < 1.29 is 17.2 Å². The van der Waals surface area contributed by atoms with Crippen LogP contribution in [0.3, 0.4) is 0 Å². The highest BCUT2D eigenvalue weighted by Gasteiger charge is 2.31. The van der Waals surface area contributed by atoms with Crippen LogP contribution >= 0.6 is 11.3 Å². The fourth-order valence-corrected chi connectivity index (χ4v) is 4.50. The molecule has 1 atom stereocenters. The number of hydrogen-bond acceptors (Lipinski definition) is 5. The molecule has 1 N–H and O–H groups in total. The summed E-state index contributed by atoms with van der Waals surface area (Å²) in [5, 5.41) is 2.64. The first-order valence-corrected chi connectivity index (χ1v) is 8.94. The summed E-state index contributed by atoms with van der Waals surface area (Å²) in [7, 11) is -4.24. The Labute approximate surface area is 130 Å². The van der Waals surface area contributed by atoms with Gasteiger partial charge in [-0.3, -0.25) is 0 Å². The van der Waals surface area contributed by atoms with Crippen molar-refractivity contribution in [2.45, 2.75) is 17.4 Å². The normalized spacial score (nSPS) is 18.8. The number of rotatable bonds is 4. The second-order valence-electron chi connectivity index (χ2n) is 4.92. The van der Waals surface area contributed by atoms with E-state index in [1.807, 2.05) is 10.3 Å². The van der Waals surface area contributed by atoms with Gasteiger partial charge in [0.1, 0.15) is 11.6 Å². The Kier molecular flexibility index (Phi) is 4.11. The summed E-state index contributed by atoms with van der Waals surface area (Å²) >= 11 is 1.46. The molecule has 9 heteroatoms. The highest BCUT2D eigenvalue weighted by Crippen LogP contribution is 2.24. The molecule has 1 aromatic carbocycles. The number of hydrogen-bond donors (Lipinski definition) is 1. The van der Waals surface area contributed by atoms with Crippen LogP contribution in [0.1, 0.15) is 6.42 Å². The van der Waals surface area contributed by atoms with Crippen LogP contribution in [-0.4, -0.2) is 32.5 Å². The van der Waals surface area contributed by atoms with Gasteiger partial charge in [-0.05, 0) is 18.6 Å². The Hall–Kier alpha value is -1.58. The maximum absolute atomic E-state index is 13.6. The summed E-state index contributed by atoms with van der Waals surface area (Å²) in [6, 6.07) is 2.57. The summed E-state index contributed by atoms with van der Waals surface area (Å²) in [4.78, 5) is 5.17. The zero-order chi connectivity index (χ0) is 15.7. The van der Waals surface area contributed by atoms with Gasteiger partial charge in [-0.2, -0.15) is 0 Å². The van der Waals surface area contributed by atoms with E-state index < -0.39 is 32.6 Å². The first kappa shape index (κ1) is 15.3. The molecule has 0 saturated carbocycles. The topological polar surface area (TPSA) is 62.3 Å². The van der Waals surface area contributed by atoms with Crippen molar-refractivity contribution in [2.75, 3.05) is 18.0 Å². The van der Waals surface area contributed by atoms with Gasteiger partial charge in [-0.15, -0.1) is 11.3 Å². The number of anilines is 1. The molecule has 1 saturated heterocycles. The highest BCUT2D eigenvalue weighted by atomic mass is 32.2. The van der Waals surface area contributed by atoms with E-state index in [4.69, 9.17) is 0 Å². The number of benzene rings is 1. The van der Waals surface area contributed by atoms with E-state index in [0.29, 0.717) is 19.5 Å². The molecule has 3 rings (SSSR count). The monoisotopic (exact) mass is 345 g/mol. The highest BCUT2D eigenvalue weighted by molar-refractivity contribution is 7.89. The minimum atomic E-state index is -4.24. The maximum Gasteiger partial charge on any atom is 0.246 e. The zero-order valence-electron chi connectivity index (χ0n) is 11.4. The largest absolute Gasteiger partial charge is 0.346 e. The van der Waals surface area contributed by atoms with Crippen molar-refractivity contribution in [1.82, 2.24) is 9.71 Å². The molecule has 2 aromatic rings. The van der Waals surface area contributed by atoms with Gasteiger partial charge in [0.2, 0.25) is 10.0 Å². The number of sulfonamides is 1. The minimum absolute atomic E-state index is 0.409. The number of halogens is 2. The fraction of sp³-hybridized carbons (Fsp3) is 0.308. The molecule has 1 aliphatic rings. The number of nitrogens with one attached hydrogen (secondary N) is 1. The molecule has 0 aliphatic carbocycles. The van der Waals surface area contributed by atoms with Gasteiger partial charge in [0, 0.05) is 30.7 Å². The minimum Gasteiger partial charge on any atom is -0.346 e. The molecule has 2 heterocycles. The Morgan fingerprint density at radius 2 is 2.05 bits per heavy atom. The fourth-order valence-electron chi connectivity index (χ4n) is 2.42. The third kappa shape index (κ3) is 2.96. The Morgan fingerprint density at radius 1 is 1.32 bits per heavy atom. The molecular weight excluding hydrogens is 332 g/mol. The van der Waals surface area contributed by atoms with E-state index in [9.17, 15) is 17.2 Å². The quantitative estimate of drug-likeness (QED) is 0.920. The molecule has 0 radical (unpaired) electrons. The lowest BCUT2D eigenvalue weighted by Gasteiger charge is -2.16. The predicted octanol–water partition coefficient (Wildman–Crippen LogP) is 1.98. The van der Waals surface area contributed by atoms with Crippen LogP contribution in [0.4, 0.5) is 13.9 Å². The lowest BCUT2D eigenvalue weighted by Crippen LogP contribution is -2.37. The molecule has 118 valence electrons. The van der Waals surface area contributed by atoms with Crippen molar-refractivity contribution >= 4 is 26.5 Å². The molecule has 0 amide bonds. The van der Waals surface area contributed by atoms with E-state index >= 15 is 0 Å². The van der Waals surface area contributed by atoms with Crippen molar-refractivity contribution in [1.29, 1.82) is 0 Å². The molecule has 22 heavy (non-hydrogen) atoms. The SMILES string of the molecule is O=S(=O)(NC1CCN(c2nccs2)C1)c1c(F)cccc1F. The van der Waals surface area contributed by atoms with Crippen LogP contribution in [0.15, 0.2) is 34.7 Å². The van der Waals surface area contributed by atoms with Gasteiger partial charge in [0.15, 0.2) is 10.0 Å². The lowest BCUT2D eigenvalue weighted by molar-refractivity contribution is 0.507. The van der Waals surface area contributed by atoms with Gasteiger partial charge in [0.25, 0.3) is 0 Å². The van der Waals surface area contributed by atoms with Gasteiger partial charge >= 0.3 is 0 Å². The van der Waals surface area contributed by atoms with Crippen LogP contribution in [0.5, 0.6) is 0 Å². The summed E-state index contributed by atoms with van der Waals surface area (Å²) in [5.74, 6) is -2.19. The first-order chi connectivity index (χ1) is 10.5. The van der Waals surface area contributed by atoms with Crippen molar-refractivity contribution in [3.05, 3.63) is 41.4 Å². The second kappa shape index (κ2) is 5.90. The van der Waals surface area contributed by atoms with Crippen LogP contribution < -0.4 is 9.62 Å². The second-order valence-corrected chi connectivity index (χ2v) is 7.44. The molecule has 1 aliphatic heterocycles. The average Bonchev–Trinajstić information content (AvgIpc) is 3.07. The first-order valence-electron chi connectivity index (χ1n) is 6.58. The van der Waals surface area contributed by atoms with Gasteiger partial charge < -0.3 is 4.90 Å². The molecule has 0 bridgehead atoms. The summed E-state index contributed by atoms with van der Waals surface area (Å²) < 4.78 is 54.1. The van der Waals surface area contributed by atoms with E-state index in [1.165, 1.54) is 11.3 Å². The van der Waals surface area contributed by atoms with E-state index in [-0.39, 0.29) is 0 Å². The number of thiazole rings is 1. The van der Waals surface area contributed by atoms with Gasteiger partial charge in [0.05, 0.1) is 0 Å². The molecule has 1 fully saturated rings. The summed E-state index contributed by atoms with van der Waals surface area (Å²) in [6.07, 6.45) is 2.22. The number of aromatic nitrogens is 1. The third-order valence-corrected chi connectivity index (χ3v) is 5.79. The van der Waals surface area contributed by atoms with Gasteiger partial charge in [-0.1, -0.05) is 6.07 Å². The van der Waals surface area contributed by atoms with E-state index in [1.54, 1.807) is 6.20 Å². The van der Waals surface area contributed by atoms with Crippen LogP contribution in [0.2, 0.25) is 0 Å². The predicted molar refractivity (Wildman–Crippen MR) is 79.4 cm³/mol. The van der Waals surface area contributed by atoms with Crippen LogP contribution in [0, 0.1) is 11.6 Å². The molecule has 1 unspecified atom stereocenters. The Morgan fingerprint density at radius 3 is 2.68 bits per heavy atom. The van der Waals surface area contributed by atoms with E-state index in [2.05, 4.69) is 9.71 Å². The maximum atomic E-state index is 13.6. The van der Waals surface area contributed by atoms with Crippen molar-refractivity contribution in [3.63, 3.8) is 0 Å². The summed E-state index contributed by atoms with van der Waals surface area (Å²) in [6.45, 7) is 1.06. The van der Waals surface area contributed by atoms with E-state index in [0.717, 1.165) is 23.3 Å². The third-order valence-electron chi connectivity index (χ3n) is 3.39. The van der Waals surface area contributed by atoms with Crippen LogP contribution in [-0.2, 0) is 10.0 Å². The van der Waals surface area contributed by atoms with Crippen molar-refractivity contribution in [2.24, 2.45) is 0 Å². The van der Waals surface area contributed by atoms with Gasteiger partial charge in [-0.25, -0.2) is 26.9 Å². The molecule has 0 spiro atoms. The lowest BCUT2D eigenvalue weighted by atomic mass is 10.3. The molecule has 1 aromatic heterocycles. The number of nitrogens with zero attached hydrogens (tertiary/aromatic N) is 2. The zero-order valence-corrected chi connectivity index (χ0v) is 13.0. The average molecular weight is 345 g/mol. The van der Waals surface area contributed by atoms with Crippen molar-refractivity contribution in [3.8, 4) is 0 Å². The standard InChI is InChI=1S/C13H13F2N3O2S2/c14-10-2-1-3-11(15)12(10)22(19,20)17-9-4-6-18(8-9)13-16-5-7-21-13/h1-3,5,7,9,17H,4,6,8H2. The van der Waals surface area contributed by atoms with Crippen LogP contribution in [0.25, 0.3) is 0 Å². The Balaban J connectivity index is 1.76. The summed E-state index contributed by atoms with van der Waals surface area (Å²) in [5.41, 5.74) is 0. The Bertz CT molecular complexity index is 745.